The molecule has 0 radical (unpaired) electrons. The van der Waals surface area contributed by atoms with Gasteiger partial charge in [0.25, 0.3) is 10.0 Å². The number of nitrogens with one attached hydrogen (secondary N) is 2. The van der Waals surface area contributed by atoms with Crippen molar-refractivity contribution in [1.82, 2.24) is 15.1 Å². The Hall–Kier alpha value is -1.28. The van der Waals surface area contributed by atoms with Gasteiger partial charge < -0.3 is 5.32 Å². The SMILES string of the molecule is CNCc1cc(Cl)cc(S(=O)(=O)Nc2cnn(C)c2)c1Cl. The van der Waals surface area contributed by atoms with E-state index in [2.05, 4.69) is 15.1 Å². The van der Waals surface area contributed by atoms with Crippen molar-refractivity contribution in [1.29, 1.82) is 0 Å². The zero-order valence-electron chi connectivity index (χ0n) is 11.4. The molecule has 1 aromatic heterocycles. The molecule has 0 aliphatic heterocycles. The first-order valence-electron chi connectivity index (χ1n) is 5.97. The number of hydrogen-bond donors (Lipinski definition) is 2. The second kappa shape index (κ2) is 6.23. The van der Waals surface area contributed by atoms with Gasteiger partial charge in [-0.1, -0.05) is 23.2 Å². The monoisotopic (exact) mass is 348 g/mol. The highest BCUT2D eigenvalue weighted by molar-refractivity contribution is 7.92. The molecule has 0 amide bonds. The van der Waals surface area contributed by atoms with Crippen LogP contribution in [0.25, 0.3) is 0 Å². The number of anilines is 1. The maximum atomic E-state index is 12.4. The molecule has 2 aromatic rings. The van der Waals surface area contributed by atoms with Gasteiger partial charge in [0, 0.05) is 24.8 Å². The first-order chi connectivity index (χ1) is 9.83. The van der Waals surface area contributed by atoms with E-state index in [1.54, 1.807) is 26.4 Å². The van der Waals surface area contributed by atoms with Gasteiger partial charge in [0.15, 0.2) is 0 Å². The van der Waals surface area contributed by atoms with Crippen LogP contribution in [0.2, 0.25) is 10.0 Å². The Morgan fingerprint density at radius 3 is 2.62 bits per heavy atom. The fourth-order valence-corrected chi connectivity index (χ4v) is 3.78. The number of halogens is 2. The molecule has 0 aliphatic rings. The number of aromatic nitrogens is 2. The third-order valence-corrected chi connectivity index (χ3v) is 4.88. The molecule has 6 nitrogen and oxygen atoms in total. The third-order valence-electron chi connectivity index (χ3n) is 2.69. The van der Waals surface area contributed by atoms with Crippen LogP contribution in [0.4, 0.5) is 5.69 Å². The Labute approximate surface area is 133 Å². The lowest BCUT2D eigenvalue weighted by Crippen LogP contribution is -2.15. The normalized spacial score (nSPS) is 11.6. The molecule has 0 unspecified atom stereocenters. The second-order valence-electron chi connectivity index (χ2n) is 4.42. The number of aryl methyl sites for hydroxylation is 1. The fraction of sp³-hybridized carbons (Fsp3) is 0.250. The minimum Gasteiger partial charge on any atom is -0.316 e. The van der Waals surface area contributed by atoms with E-state index in [-0.39, 0.29) is 9.92 Å². The van der Waals surface area contributed by atoms with Crippen LogP contribution in [-0.2, 0) is 23.6 Å². The van der Waals surface area contributed by atoms with Gasteiger partial charge in [-0.05, 0) is 24.7 Å². The molecule has 0 saturated carbocycles. The predicted octanol–water partition coefficient (Wildman–Crippen LogP) is 2.25. The molecule has 21 heavy (non-hydrogen) atoms. The Morgan fingerprint density at radius 2 is 2.05 bits per heavy atom. The molecule has 2 rings (SSSR count). The highest BCUT2D eigenvalue weighted by Gasteiger charge is 2.21. The summed E-state index contributed by atoms with van der Waals surface area (Å²) < 4.78 is 28.8. The van der Waals surface area contributed by atoms with Crippen LogP contribution >= 0.6 is 23.2 Å². The van der Waals surface area contributed by atoms with Crippen LogP contribution in [0.5, 0.6) is 0 Å². The summed E-state index contributed by atoms with van der Waals surface area (Å²) in [5.74, 6) is 0. The summed E-state index contributed by atoms with van der Waals surface area (Å²) in [7, 11) is -0.416. The van der Waals surface area contributed by atoms with Gasteiger partial charge in [-0.25, -0.2) is 8.42 Å². The lowest BCUT2D eigenvalue weighted by molar-refractivity contribution is 0.601. The van der Waals surface area contributed by atoms with Crippen LogP contribution in [0.1, 0.15) is 5.56 Å². The average Bonchev–Trinajstić information content (AvgIpc) is 2.78. The molecular formula is C12H14Cl2N4O2S. The van der Waals surface area contributed by atoms with Gasteiger partial charge in [-0.2, -0.15) is 5.10 Å². The summed E-state index contributed by atoms with van der Waals surface area (Å²) in [6.45, 7) is 0.412. The Morgan fingerprint density at radius 1 is 1.33 bits per heavy atom. The van der Waals surface area contributed by atoms with Gasteiger partial charge in [-0.3, -0.25) is 9.40 Å². The zero-order chi connectivity index (χ0) is 15.6. The molecule has 0 saturated heterocycles. The molecule has 9 heteroatoms. The molecule has 1 heterocycles. The van der Waals surface area contributed by atoms with Crippen molar-refractivity contribution < 1.29 is 8.42 Å². The third kappa shape index (κ3) is 3.68. The molecule has 2 N–H and O–H groups in total. The van der Waals surface area contributed by atoms with Gasteiger partial charge in [0.1, 0.15) is 4.90 Å². The van der Waals surface area contributed by atoms with Crippen molar-refractivity contribution in [3.63, 3.8) is 0 Å². The topological polar surface area (TPSA) is 76.0 Å². The van der Waals surface area contributed by atoms with Crippen LogP contribution in [0.3, 0.4) is 0 Å². The van der Waals surface area contributed by atoms with Crippen molar-refractivity contribution in [3.8, 4) is 0 Å². The molecule has 0 atom stereocenters. The summed E-state index contributed by atoms with van der Waals surface area (Å²) in [6.07, 6.45) is 2.95. The standard InChI is InChI=1S/C12H14Cl2N4O2S/c1-15-5-8-3-9(13)4-11(12(8)14)21(19,20)17-10-6-16-18(2)7-10/h3-4,6-7,15,17H,5H2,1-2H3. The maximum absolute atomic E-state index is 12.4. The number of sulfonamides is 1. The summed E-state index contributed by atoms with van der Waals surface area (Å²) in [5, 5.41) is 7.26. The van der Waals surface area contributed by atoms with Crippen molar-refractivity contribution in [2.24, 2.45) is 7.05 Å². The van der Waals surface area contributed by atoms with Crippen molar-refractivity contribution in [2.45, 2.75) is 11.4 Å². The Kier molecular flexibility index (Phi) is 4.77. The lowest BCUT2D eigenvalue weighted by Gasteiger charge is -2.12. The molecule has 0 bridgehead atoms. The van der Waals surface area contributed by atoms with Crippen molar-refractivity contribution in [3.05, 3.63) is 40.1 Å². The lowest BCUT2D eigenvalue weighted by atomic mass is 10.2. The average molecular weight is 349 g/mol. The molecule has 114 valence electrons. The van der Waals surface area contributed by atoms with Gasteiger partial charge >= 0.3 is 0 Å². The second-order valence-corrected chi connectivity index (χ2v) is 6.88. The van der Waals surface area contributed by atoms with Gasteiger partial charge in [-0.15, -0.1) is 0 Å². The number of benzene rings is 1. The summed E-state index contributed by atoms with van der Waals surface area (Å²) in [5.41, 5.74) is 0.960. The quantitative estimate of drug-likeness (QED) is 0.868. The maximum Gasteiger partial charge on any atom is 0.263 e. The van der Waals surface area contributed by atoms with E-state index in [0.717, 1.165) is 0 Å². The summed E-state index contributed by atoms with van der Waals surface area (Å²) in [6, 6.07) is 2.95. The summed E-state index contributed by atoms with van der Waals surface area (Å²) >= 11 is 12.2. The largest absolute Gasteiger partial charge is 0.316 e. The smallest absolute Gasteiger partial charge is 0.263 e. The van der Waals surface area contributed by atoms with Gasteiger partial charge in [0.05, 0.1) is 16.9 Å². The van der Waals surface area contributed by atoms with E-state index in [1.165, 1.54) is 16.9 Å². The van der Waals surface area contributed by atoms with E-state index in [0.29, 0.717) is 22.8 Å². The van der Waals surface area contributed by atoms with E-state index in [1.807, 2.05) is 0 Å². The fourth-order valence-electron chi connectivity index (χ4n) is 1.82. The first-order valence-corrected chi connectivity index (χ1v) is 8.21. The minimum atomic E-state index is -3.84. The molecule has 1 aromatic carbocycles. The van der Waals surface area contributed by atoms with E-state index >= 15 is 0 Å². The van der Waals surface area contributed by atoms with Crippen LogP contribution in [0.15, 0.2) is 29.4 Å². The Bertz CT molecular complexity index is 759. The molecule has 0 aliphatic carbocycles. The summed E-state index contributed by atoms with van der Waals surface area (Å²) in [4.78, 5) is -0.0641. The number of nitrogens with zero attached hydrogens (tertiary/aromatic N) is 2. The van der Waals surface area contributed by atoms with Crippen LogP contribution < -0.4 is 10.0 Å². The highest BCUT2D eigenvalue weighted by Crippen LogP contribution is 2.30. The Balaban J connectivity index is 2.44. The molecule has 0 spiro atoms. The first kappa shape index (κ1) is 16.1. The van der Waals surface area contributed by atoms with Crippen molar-refractivity contribution >= 4 is 38.9 Å². The van der Waals surface area contributed by atoms with Crippen LogP contribution in [0, 0.1) is 0 Å². The van der Waals surface area contributed by atoms with E-state index in [9.17, 15) is 8.42 Å². The molecular weight excluding hydrogens is 335 g/mol. The number of hydrogen-bond acceptors (Lipinski definition) is 4. The van der Waals surface area contributed by atoms with E-state index in [4.69, 9.17) is 23.2 Å². The van der Waals surface area contributed by atoms with Gasteiger partial charge in [0.2, 0.25) is 0 Å². The highest BCUT2D eigenvalue weighted by atomic mass is 35.5. The minimum absolute atomic E-state index is 0.0641. The van der Waals surface area contributed by atoms with Crippen molar-refractivity contribution in [2.75, 3.05) is 11.8 Å². The predicted molar refractivity (Wildman–Crippen MR) is 83.2 cm³/mol. The zero-order valence-corrected chi connectivity index (χ0v) is 13.7. The van der Waals surface area contributed by atoms with E-state index < -0.39 is 10.0 Å². The van der Waals surface area contributed by atoms with Crippen LogP contribution in [-0.4, -0.2) is 25.2 Å². The number of rotatable bonds is 5. The molecule has 0 fully saturated rings.